The van der Waals surface area contributed by atoms with E-state index in [2.05, 4.69) is 19.9 Å². The molecule has 0 spiro atoms. The average molecular weight is 453 g/mol. The van der Waals surface area contributed by atoms with E-state index in [-0.39, 0.29) is 17.3 Å². The van der Waals surface area contributed by atoms with Crippen molar-refractivity contribution in [1.82, 2.24) is 15.1 Å². The first-order chi connectivity index (χ1) is 15.0. The Hall–Kier alpha value is -3.63. The van der Waals surface area contributed by atoms with Gasteiger partial charge in [0.2, 0.25) is 5.82 Å². The van der Waals surface area contributed by atoms with Crippen molar-refractivity contribution >= 4 is 10.9 Å². The highest BCUT2D eigenvalue weighted by Crippen LogP contribution is 2.40. The maximum absolute atomic E-state index is 13.5. The first kappa shape index (κ1) is 21.6. The zero-order valence-corrected chi connectivity index (χ0v) is 16.2. The fourth-order valence-electron chi connectivity index (χ4n) is 2.92. The minimum Gasteiger partial charge on any atom is -0.481 e. The van der Waals surface area contributed by atoms with Crippen LogP contribution in [0.1, 0.15) is 12.5 Å². The number of ether oxygens (including phenoxy) is 1. The molecule has 32 heavy (non-hydrogen) atoms. The van der Waals surface area contributed by atoms with Gasteiger partial charge in [0.15, 0.2) is 6.10 Å². The normalized spacial score (nSPS) is 13.3. The van der Waals surface area contributed by atoms with Crippen LogP contribution in [-0.4, -0.2) is 27.4 Å². The highest BCUT2D eigenvalue weighted by atomic mass is 19.4. The molecule has 0 saturated heterocycles. The molecule has 5 nitrogen and oxygen atoms in total. The van der Waals surface area contributed by atoms with Crippen molar-refractivity contribution in [3.05, 3.63) is 60.3 Å². The zero-order chi connectivity index (χ0) is 23.1. The molecule has 4 aromatic rings. The van der Waals surface area contributed by atoms with Crippen LogP contribution < -0.4 is 4.74 Å². The van der Waals surface area contributed by atoms with Crippen molar-refractivity contribution in [1.29, 1.82) is 0 Å². The van der Waals surface area contributed by atoms with E-state index in [4.69, 9.17) is 4.52 Å². The van der Waals surface area contributed by atoms with Crippen LogP contribution in [-0.2, 0) is 6.18 Å². The standard InChI is InChI=1S/C21H13F6N3O2/c1-11(20(22,23)24)31-17-7-5-14(10-15(17)21(25,26)27)19-29-18(30-32-19)13-4-6-16-12(9-13)3-2-8-28-16/h2-11H,1H3. The van der Waals surface area contributed by atoms with Crippen molar-refractivity contribution in [3.8, 4) is 28.6 Å². The third-order valence-electron chi connectivity index (χ3n) is 4.58. The summed E-state index contributed by atoms with van der Waals surface area (Å²) in [5, 5.41) is 4.60. The van der Waals surface area contributed by atoms with Gasteiger partial charge in [0.1, 0.15) is 5.75 Å². The third-order valence-corrected chi connectivity index (χ3v) is 4.58. The summed E-state index contributed by atoms with van der Waals surface area (Å²) in [6.07, 6.45) is -10.6. The van der Waals surface area contributed by atoms with Crippen molar-refractivity contribution in [3.63, 3.8) is 0 Å². The fourth-order valence-corrected chi connectivity index (χ4v) is 2.92. The molecule has 0 amide bonds. The predicted molar refractivity (Wildman–Crippen MR) is 102 cm³/mol. The van der Waals surface area contributed by atoms with E-state index in [1.165, 1.54) is 0 Å². The van der Waals surface area contributed by atoms with Gasteiger partial charge in [-0.05, 0) is 49.4 Å². The zero-order valence-electron chi connectivity index (χ0n) is 16.2. The molecule has 2 aromatic heterocycles. The fraction of sp³-hybridized carbons (Fsp3) is 0.190. The number of hydrogen-bond donors (Lipinski definition) is 0. The molecule has 0 aliphatic rings. The van der Waals surface area contributed by atoms with Crippen molar-refractivity contribution < 1.29 is 35.6 Å². The highest BCUT2D eigenvalue weighted by molar-refractivity contribution is 5.83. The summed E-state index contributed by atoms with van der Waals surface area (Å²) in [4.78, 5) is 8.32. The number of benzene rings is 2. The molecule has 11 heteroatoms. The van der Waals surface area contributed by atoms with Crippen LogP contribution in [0.15, 0.2) is 59.3 Å². The summed E-state index contributed by atoms with van der Waals surface area (Å²) in [7, 11) is 0. The van der Waals surface area contributed by atoms with Gasteiger partial charge < -0.3 is 9.26 Å². The molecule has 0 bridgehead atoms. The lowest BCUT2D eigenvalue weighted by Gasteiger charge is -2.20. The third kappa shape index (κ3) is 4.36. The first-order valence-corrected chi connectivity index (χ1v) is 9.16. The van der Waals surface area contributed by atoms with E-state index < -0.39 is 29.8 Å². The Labute approximate surface area is 176 Å². The minimum atomic E-state index is -4.97. The number of halogens is 6. The molecule has 2 heterocycles. The van der Waals surface area contributed by atoms with Crippen LogP contribution in [0.2, 0.25) is 0 Å². The van der Waals surface area contributed by atoms with Crippen molar-refractivity contribution in [2.45, 2.75) is 25.4 Å². The quantitative estimate of drug-likeness (QED) is 0.340. The van der Waals surface area contributed by atoms with E-state index in [0.717, 1.165) is 23.0 Å². The van der Waals surface area contributed by atoms with E-state index in [1.807, 2.05) is 6.07 Å². The molecule has 0 radical (unpaired) electrons. The molecule has 0 N–H and O–H groups in total. The number of aromatic nitrogens is 3. The van der Waals surface area contributed by atoms with Gasteiger partial charge in [0, 0.05) is 22.7 Å². The minimum absolute atomic E-state index is 0.120. The lowest BCUT2D eigenvalue weighted by atomic mass is 10.1. The van der Waals surface area contributed by atoms with Gasteiger partial charge in [0.25, 0.3) is 5.89 Å². The van der Waals surface area contributed by atoms with E-state index in [9.17, 15) is 26.3 Å². The second kappa shape index (κ2) is 7.81. The van der Waals surface area contributed by atoms with E-state index in [1.54, 1.807) is 30.5 Å². The van der Waals surface area contributed by atoms with Crippen LogP contribution in [0, 0.1) is 0 Å². The second-order valence-electron chi connectivity index (χ2n) is 6.84. The summed E-state index contributed by atoms with van der Waals surface area (Å²) in [5.41, 5.74) is -0.220. The molecule has 0 aliphatic carbocycles. The van der Waals surface area contributed by atoms with Gasteiger partial charge in [-0.2, -0.15) is 31.3 Å². The number of hydrogen-bond acceptors (Lipinski definition) is 5. The smallest absolute Gasteiger partial charge is 0.425 e. The Kier molecular flexibility index (Phi) is 5.27. The summed E-state index contributed by atoms with van der Waals surface area (Å²) >= 11 is 0. The predicted octanol–water partition coefficient (Wildman–Crippen LogP) is 6.30. The monoisotopic (exact) mass is 453 g/mol. The van der Waals surface area contributed by atoms with Gasteiger partial charge in [0.05, 0.1) is 11.1 Å². The van der Waals surface area contributed by atoms with Crippen LogP contribution in [0.25, 0.3) is 33.7 Å². The summed E-state index contributed by atoms with van der Waals surface area (Å²) in [6.45, 7) is 0.622. The maximum atomic E-state index is 13.5. The van der Waals surface area contributed by atoms with Crippen LogP contribution in [0.4, 0.5) is 26.3 Å². The number of fused-ring (bicyclic) bond motifs is 1. The summed E-state index contributed by atoms with van der Waals surface area (Å²) in [6, 6.07) is 11.3. The molecule has 166 valence electrons. The largest absolute Gasteiger partial charge is 0.481 e. The topological polar surface area (TPSA) is 61.0 Å². The van der Waals surface area contributed by atoms with Gasteiger partial charge in [-0.15, -0.1) is 0 Å². The molecule has 2 aromatic carbocycles. The number of pyridine rings is 1. The Morgan fingerprint density at radius 2 is 1.69 bits per heavy atom. The lowest BCUT2D eigenvalue weighted by molar-refractivity contribution is -0.191. The molecule has 0 aliphatic heterocycles. The Balaban J connectivity index is 1.68. The van der Waals surface area contributed by atoms with Crippen LogP contribution >= 0.6 is 0 Å². The van der Waals surface area contributed by atoms with Gasteiger partial charge in [-0.25, -0.2) is 0 Å². The second-order valence-corrected chi connectivity index (χ2v) is 6.84. The van der Waals surface area contributed by atoms with Crippen LogP contribution in [0.5, 0.6) is 5.75 Å². The SMILES string of the molecule is CC(Oc1ccc(-c2nc(-c3ccc4ncccc4c3)no2)cc1C(F)(F)F)C(F)(F)F. The number of nitrogens with zero attached hydrogens (tertiary/aromatic N) is 3. The molecule has 0 saturated carbocycles. The van der Waals surface area contributed by atoms with E-state index >= 15 is 0 Å². The van der Waals surface area contributed by atoms with Crippen LogP contribution in [0.3, 0.4) is 0 Å². The Bertz CT molecular complexity index is 1270. The lowest BCUT2D eigenvalue weighted by Crippen LogP contribution is -2.31. The van der Waals surface area contributed by atoms with Gasteiger partial charge in [-0.3, -0.25) is 4.98 Å². The molecule has 1 atom stereocenters. The Morgan fingerprint density at radius 3 is 2.41 bits per heavy atom. The summed E-state index contributed by atoms with van der Waals surface area (Å²) < 4.78 is 88.2. The van der Waals surface area contributed by atoms with Crippen molar-refractivity contribution in [2.75, 3.05) is 0 Å². The van der Waals surface area contributed by atoms with Gasteiger partial charge >= 0.3 is 12.4 Å². The first-order valence-electron chi connectivity index (χ1n) is 9.16. The van der Waals surface area contributed by atoms with Crippen molar-refractivity contribution in [2.24, 2.45) is 0 Å². The van der Waals surface area contributed by atoms with E-state index in [0.29, 0.717) is 18.6 Å². The number of alkyl halides is 6. The molecule has 4 rings (SSSR count). The molecule has 1 unspecified atom stereocenters. The van der Waals surface area contributed by atoms with Gasteiger partial charge in [-0.1, -0.05) is 11.2 Å². The highest BCUT2D eigenvalue weighted by Gasteiger charge is 2.41. The molecule has 0 fully saturated rings. The number of rotatable bonds is 4. The molecular weight excluding hydrogens is 440 g/mol. The Morgan fingerprint density at radius 1 is 0.938 bits per heavy atom. The maximum Gasteiger partial charge on any atom is 0.425 e. The average Bonchev–Trinajstić information content (AvgIpc) is 3.22. The summed E-state index contributed by atoms with van der Waals surface area (Å²) in [5.74, 6) is -1.05. The molecular formula is C21H13F6N3O2.